The van der Waals surface area contributed by atoms with Gasteiger partial charge in [-0.15, -0.1) is 0 Å². The number of methoxy groups -OCH3 is 1. The lowest BCUT2D eigenvalue weighted by atomic mass is 10.1. The van der Waals surface area contributed by atoms with E-state index < -0.39 is 22.5 Å². The smallest absolute Gasteiger partial charge is 0.264 e. The predicted molar refractivity (Wildman–Crippen MR) is 179 cm³/mol. The van der Waals surface area contributed by atoms with Crippen molar-refractivity contribution in [3.63, 3.8) is 0 Å². The molecule has 1 N–H and O–H groups in total. The third-order valence-corrected chi connectivity index (χ3v) is 9.53. The first-order valence-electron chi connectivity index (χ1n) is 13.5. The molecule has 0 radical (unpaired) electrons. The van der Waals surface area contributed by atoms with E-state index in [0.717, 1.165) is 21.0 Å². The Morgan fingerprint density at radius 3 is 2.43 bits per heavy atom. The Kier molecular flexibility index (Phi) is 11.3. The fourth-order valence-electron chi connectivity index (χ4n) is 4.28. The summed E-state index contributed by atoms with van der Waals surface area (Å²) in [5, 5.41) is 5.07. The van der Waals surface area contributed by atoms with Crippen LogP contribution in [-0.4, -0.2) is 34.2 Å². The molecule has 0 aliphatic carbocycles. The Labute approximate surface area is 275 Å². The third kappa shape index (κ3) is 8.12. The van der Waals surface area contributed by atoms with Crippen molar-refractivity contribution in [2.75, 3.05) is 18.0 Å². The molecule has 4 aromatic rings. The number of aryl methyl sites for hydroxylation is 2. The number of amides is 1. The molecule has 0 aliphatic rings. The van der Waals surface area contributed by atoms with Crippen molar-refractivity contribution < 1.29 is 22.7 Å². The summed E-state index contributed by atoms with van der Waals surface area (Å²) in [6.07, 6.45) is 2.00. The summed E-state index contributed by atoms with van der Waals surface area (Å²) in [4.78, 5) is 13.1. The van der Waals surface area contributed by atoms with Crippen LogP contribution in [0.2, 0.25) is 10.0 Å². The molecule has 230 valence electrons. The fourth-order valence-corrected chi connectivity index (χ4v) is 6.77. The number of hydrogen-bond donors (Lipinski definition) is 1. The van der Waals surface area contributed by atoms with Gasteiger partial charge in [-0.3, -0.25) is 9.10 Å². The van der Waals surface area contributed by atoms with E-state index >= 15 is 0 Å². The van der Waals surface area contributed by atoms with Gasteiger partial charge in [0.15, 0.2) is 11.5 Å². The molecule has 4 aromatic carbocycles. The van der Waals surface area contributed by atoms with Crippen LogP contribution in [0.1, 0.15) is 29.2 Å². The first-order chi connectivity index (χ1) is 21.0. The van der Waals surface area contributed by atoms with Crippen molar-refractivity contribution in [3.05, 3.63) is 116 Å². The van der Waals surface area contributed by atoms with Crippen molar-refractivity contribution in [2.45, 2.75) is 31.8 Å². The highest BCUT2D eigenvalue weighted by atomic mass is 79.9. The second-order valence-electron chi connectivity index (χ2n) is 9.66. The SMILES string of the molecule is CCc1ccccc1N(CC(=O)N/N=C\c1cc(Br)c(OCc2ccc(Cl)cc2Cl)c(OC)c1)S(=O)(=O)c1ccc(C)cc1. The van der Waals surface area contributed by atoms with Crippen molar-refractivity contribution in [2.24, 2.45) is 5.10 Å². The summed E-state index contributed by atoms with van der Waals surface area (Å²) >= 11 is 15.7. The lowest BCUT2D eigenvalue weighted by molar-refractivity contribution is -0.119. The normalized spacial score (nSPS) is 11.4. The topological polar surface area (TPSA) is 97.3 Å². The minimum Gasteiger partial charge on any atom is -0.493 e. The molecule has 0 atom stereocenters. The average molecular weight is 719 g/mol. The number of benzene rings is 4. The lowest BCUT2D eigenvalue weighted by Gasteiger charge is -2.25. The molecule has 0 aromatic heterocycles. The number of rotatable bonds is 12. The Balaban J connectivity index is 1.51. The summed E-state index contributed by atoms with van der Waals surface area (Å²) in [5.41, 5.74) is 5.92. The minimum absolute atomic E-state index is 0.0860. The van der Waals surface area contributed by atoms with Crippen molar-refractivity contribution in [3.8, 4) is 11.5 Å². The monoisotopic (exact) mass is 717 g/mol. The van der Waals surface area contributed by atoms with Gasteiger partial charge in [-0.2, -0.15) is 5.10 Å². The van der Waals surface area contributed by atoms with Crippen LogP contribution in [0.3, 0.4) is 0 Å². The van der Waals surface area contributed by atoms with Crippen molar-refractivity contribution in [1.82, 2.24) is 5.43 Å². The molecule has 0 heterocycles. The van der Waals surface area contributed by atoms with E-state index in [9.17, 15) is 13.2 Å². The molecule has 0 saturated heterocycles. The van der Waals surface area contributed by atoms with Gasteiger partial charge in [0.25, 0.3) is 15.9 Å². The number of carbonyl (C=O) groups excluding carboxylic acids is 1. The van der Waals surface area contributed by atoms with E-state index in [2.05, 4.69) is 26.5 Å². The molecule has 0 spiro atoms. The van der Waals surface area contributed by atoms with Gasteiger partial charge in [0.2, 0.25) is 0 Å². The summed E-state index contributed by atoms with van der Waals surface area (Å²) in [5.74, 6) is 0.253. The van der Waals surface area contributed by atoms with Gasteiger partial charge in [0.1, 0.15) is 13.2 Å². The molecule has 0 unspecified atom stereocenters. The highest BCUT2D eigenvalue weighted by molar-refractivity contribution is 9.10. The number of sulfonamides is 1. The molecule has 0 bridgehead atoms. The van der Waals surface area contributed by atoms with E-state index in [1.54, 1.807) is 54.6 Å². The average Bonchev–Trinajstić information content (AvgIpc) is 3.00. The van der Waals surface area contributed by atoms with E-state index in [1.807, 2.05) is 26.0 Å². The Morgan fingerprint density at radius 2 is 1.75 bits per heavy atom. The van der Waals surface area contributed by atoms with Crippen molar-refractivity contribution in [1.29, 1.82) is 0 Å². The zero-order chi connectivity index (χ0) is 31.9. The van der Waals surface area contributed by atoms with Crippen LogP contribution in [0, 0.1) is 6.92 Å². The van der Waals surface area contributed by atoms with E-state index in [1.165, 1.54) is 25.5 Å². The number of nitrogens with zero attached hydrogens (tertiary/aromatic N) is 2. The van der Waals surface area contributed by atoms with Gasteiger partial charge in [0, 0.05) is 15.6 Å². The zero-order valence-electron chi connectivity index (χ0n) is 24.2. The largest absolute Gasteiger partial charge is 0.493 e. The van der Waals surface area contributed by atoms with Crippen LogP contribution in [-0.2, 0) is 27.8 Å². The molecule has 44 heavy (non-hydrogen) atoms. The molecule has 4 rings (SSSR count). The fraction of sp³-hybridized carbons (Fsp3) is 0.188. The summed E-state index contributed by atoms with van der Waals surface area (Å²) in [6.45, 7) is 3.50. The zero-order valence-corrected chi connectivity index (χ0v) is 28.1. The second-order valence-corrected chi connectivity index (χ2v) is 13.2. The van der Waals surface area contributed by atoms with Gasteiger partial charge in [-0.1, -0.05) is 72.1 Å². The van der Waals surface area contributed by atoms with Gasteiger partial charge in [-0.25, -0.2) is 13.8 Å². The summed E-state index contributed by atoms with van der Waals surface area (Å²) in [6, 6.07) is 22.2. The number of carbonyl (C=O) groups is 1. The number of para-hydroxylation sites is 1. The van der Waals surface area contributed by atoms with Gasteiger partial charge < -0.3 is 9.47 Å². The number of halogens is 3. The summed E-state index contributed by atoms with van der Waals surface area (Å²) in [7, 11) is -2.55. The van der Waals surface area contributed by atoms with Crippen LogP contribution in [0.4, 0.5) is 5.69 Å². The first kappa shape index (κ1) is 33.3. The van der Waals surface area contributed by atoms with E-state index in [4.69, 9.17) is 32.7 Å². The molecule has 12 heteroatoms. The van der Waals surface area contributed by atoms with Crippen molar-refractivity contribution >= 4 is 67.0 Å². The van der Waals surface area contributed by atoms with Crippen LogP contribution in [0.15, 0.2) is 93.3 Å². The van der Waals surface area contributed by atoms with Crippen LogP contribution >= 0.6 is 39.1 Å². The van der Waals surface area contributed by atoms with Crippen LogP contribution < -0.4 is 19.2 Å². The van der Waals surface area contributed by atoms with Crippen LogP contribution in [0.25, 0.3) is 0 Å². The number of ether oxygens (including phenoxy) is 2. The molecule has 0 fully saturated rings. The van der Waals surface area contributed by atoms with Gasteiger partial charge in [0.05, 0.1) is 28.4 Å². The quantitative estimate of drug-likeness (QED) is 0.121. The maximum atomic E-state index is 13.7. The maximum absolute atomic E-state index is 13.7. The third-order valence-electron chi connectivity index (χ3n) is 6.58. The van der Waals surface area contributed by atoms with Gasteiger partial charge >= 0.3 is 0 Å². The molecular formula is C32H30BrCl2N3O5S. The Morgan fingerprint density at radius 1 is 1.02 bits per heavy atom. The lowest BCUT2D eigenvalue weighted by Crippen LogP contribution is -2.40. The van der Waals surface area contributed by atoms with E-state index in [-0.39, 0.29) is 11.5 Å². The Hall–Kier alpha value is -3.57. The number of hydrogen-bond acceptors (Lipinski definition) is 6. The molecular weight excluding hydrogens is 689 g/mol. The highest BCUT2D eigenvalue weighted by Gasteiger charge is 2.28. The second kappa shape index (κ2) is 14.9. The maximum Gasteiger partial charge on any atom is 0.264 e. The molecule has 0 aliphatic heterocycles. The number of nitrogens with one attached hydrogen (secondary N) is 1. The molecule has 8 nitrogen and oxygen atoms in total. The van der Waals surface area contributed by atoms with Crippen LogP contribution in [0.5, 0.6) is 11.5 Å². The van der Waals surface area contributed by atoms with E-state index in [0.29, 0.717) is 43.7 Å². The number of anilines is 1. The molecule has 1 amide bonds. The highest BCUT2D eigenvalue weighted by Crippen LogP contribution is 2.37. The number of hydrazone groups is 1. The standard InChI is InChI=1S/C32H30BrCl2N3O5S/c1-4-23-7-5-6-8-29(23)38(44(40,41)26-13-9-21(2)10-14-26)19-31(39)37-36-18-22-15-27(33)32(30(16-22)42-3)43-20-24-11-12-25(34)17-28(24)35/h5-18H,4,19-20H2,1-3H3,(H,37,39)/b36-18-. The summed E-state index contributed by atoms with van der Waals surface area (Å²) < 4.78 is 40.6. The molecule has 0 saturated carbocycles. The first-order valence-corrected chi connectivity index (χ1v) is 16.5. The predicted octanol–water partition coefficient (Wildman–Crippen LogP) is 7.56. The minimum atomic E-state index is -4.06. The Bertz CT molecular complexity index is 1780. The van der Waals surface area contributed by atoms with Gasteiger partial charge in [-0.05, 0) is 82.9 Å².